The molecule has 24 heavy (non-hydrogen) atoms. The van der Waals surface area contributed by atoms with Gasteiger partial charge in [0, 0.05) is 5.56 Å². The SMILES string of the molecule is COC(=O)/N=C(\Oc1c(C)cc(C(C)=O)cc1C(C)C)C(F)(F)F. The lowest BCUT2D eigenvalue weighted by Gasteiger charge is -2.19. The first-order valence-electron chi connectivity index (χ1n) is 7.04. The van der Waals surface area contributed by atoms with Gasteiger partial charge in [0.15, 0.2) is 5.78 Å². The van der Waals surface area contributed by atoms with E-state index in [0.717, 1.165) is 7.11 Å². The average Bonchev–Trinajstić information content (AvgIpc) is 2.46. The summed E-state index contributed by atoms with van der Waals surface area (Å²) in [5.74, 6) is -2.25. The summed E-state index contributed by atoms with van der Waals surface area (Å²) in [5.41, 5.74) is 1.09. The lowest BCUT2D eigenvalue weighted by Crippen LogP contribution is -2.30. The second-order valence-corrected chi connectivity index (χ2v) is 5.41. The molecule has 5 nitrogen and oxygen atoms in total. The molecule has 0 unspecified atom stereocenters. The molecule has 1 rings (SSSR count). The third-order valence-corrected chi connectivity index (χ3v) is 3.14. The fraction of sp³-hybridized carbons (Fsp3) is 0.438. The first kappa shape index (κ1) is 19.7. The topological polar surface area (TPSA) is 65.0 Å². The summed E-state index contributed by atoms with van der Waals surface area (Å²) >= 11 is 0. The highest BCUT2D eigenvalue weighted by Gasteiger charge is 2.40. The van der Waals surface area contributed by atoms with Crippen LogP contribution in [0.1, 0.15) is 48.2 Å². The Kier molecular flexibility index (Phi) is 6.11. The number of methoxy groups -OCH3 is 1. The zero-order valence-electron chi connectivity index (χ0n) is 13.9. The fourth-order valence-corrected chi connectivity index (χ4v) is 1.94. The van der Waals surface area contributed by atoms with Crippen LogP contribution in [0, 0.1) is 6.92 Å². The first-order chi connectivity index (χ1) is 11.0. The van der Waals surface area contributed by atoms with Crippen LogP contribution in [0.4, 0.5) is 18.0 Å². The van der Waals surface area contributed by atoms with Crippen molar-refractivity contribution in [1.82, 2.24) is 0 Å². The summed E-state index contributed by atoms with van der Waals surface area (Å²) in [7, 11) is 0.909. The van der Waals surface area contributed by atoms with Crippen LogP contribution in [0.25, 0.3) is 0 Å². The van der Waals surface area contributed by atoms with E-state index in [4.69, 9.17) is 4.74 Å². The van der Waals surface area contributed by atoms with Crippen molar-refractivity contribution in [2.45, 2.75) is 39.8 Å². The van der Waals surface area contributed by atoms with Crippen LogP contribution in [-0.2, 0) is 4.74 Å². The number of rotatable bonds is 3. The molecule has 0 aromatic heterocycles. The molecule has 1 aromatic carbocycles. The lowest BCUT2D eigenvalue weighted by molar-refractivity contribution is -0.0712. The van der Waals surface area contributed by atoms with Crippen molar-refractivity contribution >= 4 is 17.8 Å². The Morgan fingerprint density at radius 3 is 2.21 bits per heavy atom. The highest BCUT2D eigenvalue weighted by molar-refractivity contribution is 5.96. The van der Waals surface area contributed by atoms with Crippen molar-refractivity contribution < 1.29 is 32.2 Å². The number of carbonyl (C=O) groups is 2. The van der Waals surface area contributed by atoms with E-state index < -0.39 is 18.2 Å². The van der Waals surface area contributed by atoms with Gasteiger partial charge in [0.25, 0.3) is 0 Å². The van der Waals surface area contributed by atoms with Crippen molar-refractivity contribution in [3.63, 3.8) is 0 Å². The van der Waals surface area contributed by atoms with Crippen LogP contribution in [0.15, 0.2) is 17.1 Å². The lowest BCUT2D eigenvalue weighted by atomic mass is 9.95. The molecule has 8 heteroatoms. The maximum atomic E-state index is 13.1. The van der Waals surface area contributed by atoms with E-state index in [1.54, 1.807) is 13.8 Å². The van der Waals surface area contributed by atoms with Crippen LogP contribution >= 0.6 is 0 Å². The van der Waals surface area contributed by atoms with Gasteiger partial charge in [-0.2, -0.15) is 13.2 Å². The monoisotopic (exact) mass is 345 g/mol. The average molecular weight is 345 g/mol. The molecule has 1 amide bonds. The molecule has 0 bridgehead atoms. The molecule has 0 radical (unpaired) electrons. The molecule has 0 spiro atoms. The number of carbonyl (C=O) groups excluding carboxylic acids is 2. The number of alkyl halides is 3. The molecule has 1 aromatic rings. The Labute approximate surface area is 137 Å². The number of hydrogen-bond acceptors (Lipinski definition) is 4. The molecule has 0 N–H and O–H groups in total. The third kappa shape index (κ3) is 4.81. The van der Waals surface area contributed by atoms with Gasteiger partial charge < -0.3 is 9.47 Å². The zero-order valence-corrected chi connectivity index (χ0v) is 13.9. The number of aliphatic imine (C=N–C) groups is 1. The van der Waals surface area contributed by atoms with Crippen molar-refractivity contribution in [1.29, 1.82) is 0 Å². The highest BCUT2D eigenvalue weighted by atomic mass is 19.4. The van der Waals surface area contributed by atoms with Crippen molar-refractivity contribution in [2.24, 2.45) is 4.99 Å². The summed E-state index contributed by atoms with van der Waals surface area (Å²) in [4.78, 5) is 25.4. The number of nitrogens with zero attached hydrogens (tertiary/aromatic N) is 1. The molecule has 0 aliphatic rings. The molecule has 0 heterocycles. The van der Waals surface area contributed by atoms with Gasteiger partial charge in [-0.25, -0.2) is 4.79 Å². The second-order valence-electron chi connectivity index (χ2n) is 5.41. The van der Waals surface area contributed by atoms with Gasteiger partial charge in [0.2, 0.25) is 0 Å². The van der Waals surface area contributed by atoms with E-state index in [0.29, 0.717) is 16.7 Å². The Bertz CT molecular complexity index is 679. The maximum absolute atomic E-state index is 13.1. The number of halogens is 3. The Balaban J connectivity index is 3.46. The van der Waals surface area contributed by atoms with Gasteiger partial charge in [-0.1, -0.05) is 13.8 Å². The number of amides is 1. The largest absolute Gasteiger partial charge is 0.469 e. The number of ketones is 1. The Morgan fingerprint density at radius 2 is 1.79 bits per heavy atom. The molecular weight excluding hydrogens is 327 g/mol. The van der Waals surface area contributed by atoms with Crippen LogP contribution in [0.3, 0.4) is 0 Å². The summed E-state index contributed by atoms with van der Waals surface area (Å²) < 4.78 is 48.2. The summed E-state index contributed by atoms with van der Waals surface area (Å²) in [5, 5.41) is 0. The standard InChI is InChI=1S/C16H18F3NO4/c1-8(2)12-7-11(10(4)21)6-9(3)13(12)24-14(16(17,18)19)20-15(22)23-5/h6-8H,1-5H3/b20-14-. The van der Waals surface area contributed by atoms with E-state index in [2.05, 4.69) is 9.73 Å². The van der Waals surface area contributed by atoms with Crippen molar-refractivity contribution in [3.05, 3.63) is 28.8 Å². The molecule has 0 saturated carbocycles. The molecule has 0 aliphatic heterocycles. The van der Waals surface area contributed by atoms with E-state index >= 15 is 0 Å². The molecular formula is C16H18F3NO4. The smallest absolute Gasteiger partial charge is 0.451 e. The molecule has 0 aliphatic carbocycles. The second kappa shape index (κ2) is 7.46. The van der Waals surface area contributed by atoms with E-state index in [1.807, 2.05) is 0 Å². The Morgan fingerprint density at radius 1 is 1.21 bits per heavy atom. The highest BCUT2D eigenvalue weighted by Crippen LogP contribution is 2.33. The molecule has 0 saturated heterocycles. The minimum atomic E-state index is -4.98. The van der Waals surface area contributed by atoms with Crippen molar-refractivity contribution in [3.8, 4) is 5.75 Å². The normalized spacial score (nSPS) is 12.3. The van der Waals surface area contributed by atoms with Crippen LogP contribution in [0.2, 0.25) is 0 Å². The zero-order chi connectivity index (χ0) is 18.7. The van der Waals surface area contributed by atoms with Crippen LogP contribution < -0.4 is 4.74 Å². The van der Waals surface area contributed by atoms with E-state index in [-0.39, 0.29) is 17.5 Å². The van der Waals surface area contributed by atoms with Gasteiger partial charge in [0.1, 0.15) is 5.75 Å². The van der Waals surface area contributed by atoms with Gasteiger partial charge in [-0.15, -0.1) is 4.99 Å². The van der Waals surface area contributed by atoms with E-state index in [9.17, 15) is 22.8 Å². The first-order valence-corrected chi connectivity index (χ1v) is 7.04. The number of ether oxygens (including phenoxy) is 2. The minimum absolute atomic E-state index is 0.0880. The van der Waals surface area contributed by atoms with Crippen molar-refractivity contribution in [2.75, 3.05) is 7.11 Å². The fourth-order valence-electron chi connectivity index (χ4n) is 1.94. The predicted octanol–water partition coefficient (Wildman–Crippen LogP) is 4.43. The number of aryl methyl sites for hydroxylation is 1. The van der Waals surface area contributed by atoms with Gasteiger partial charge in [-0.05, 0) is 43.0 Å². The number of Topliss-reactive ketones (excluding diaryl/α,β-unsaturated/α-hetero) is 1. The van der Waals surface area contributed by atoms with Crippen LogP contribution in [-0.4, -0.2) is 31.1 Å². The minimum Gasteiger partial charge on any atom is -0.451 e. The van der Waals surface area contributed by atoms with Crippen LogP contribution in [0.5, 0.6) is 5.75 Å². The summed E-state index contributed by atoms with van der Waals surface area (Å²) in [6.45, 7) is 6.37. The number of hydrogen-bond donors (Lipinski definition) is 0. The maximum Gasteiger partial charge on any atom is 0.469 e. The third-order valence-electron chi connectivity index (χ3n) is 3.14. The number of benzene rings is 1. The van der Waals surface area contributed by atoms with Gasteiger partial charge in [-0.3, -0.25) is 4.79 Å². The van der Waals surface area contributed by atoms with E-state index in [1.165, 1.54) is 26.0 Å². The van der Waals surface area contributed by atoms with Gasteiger partial charge >= 0.3 is 18.2 Å². The summed E-state index contributed by atoms with van der Waals surface area (Å²) in [6.07, 6.45) is -6.40. The van der Waals surface area contributed by atoms with Gasteiger partial charge in [0.05, 0.1) is 7.11 Å². The molecule has 132 valence electrons. The summed E-state index contributed by atoms with van der Waals surface area (Å²) in [6, 6.07) is 2.90. The Hall–Kier alpha value is -2.38. The molecule has 0 fully saturated rings. The predicted molar refractivity (Wildman–Crippen MR) is 81.8 cm³/mol. The molecule has 0 atom stereocenters. The quantitative estimate of drug-likeness (QED) is 0.462.